The van der Waals surface area contributed by atoms with E-state index in [4.69, 9.17) is 14.7 Å². The molecule has 0 saturated carbocycles. The van der Waals surface area contributed by atoms with Gasteiger partial charge in [0.05, 0.1) is 17.6 Å². The molecule has 0 bridgehead atoms. The topological polar surface area (TPSA) is 139 Å². The molecule has 0 radical (unpaired) electrons. The van der Waals surface area contributed by atoms with Crippen LogP contribution in [0.2, 0.25) is 0 Å². The molecule has 25 heavy (non-hydrogen) atoms. The van der Waals surface area contributed by atoms with E-state index < -0.39 is 25.8 Å². The van der Waals surface area contributed by atoms with Crippen molar-refractivity contribution < 1.29 is 27.1 Å². The number of carbonyl (C=O) groups is 1. The molecular formula is C15H14N2O7S. The van der Waals surface area contributed by atoms with Gasteiger partial charge in [0.25, 0.3) is 11.6 Å². The third-order valence-corrected chi connectivity index (χ3v) is 4.55. The van der Waals surface area contributed by atoms with Gasteiger partial charge in [-0.1, -0.05) is 6.07 Å². The van der Waals surface area contributed by atoms with Crippen molar-refractivity contribution in [3.8, 4) is 11.5 Å². The molecule has 2 aromatic rings. The summed E-state index contributed by atoms with van der Waals surface area (Å²) in [5.74, 6) is -0.997. The molecule has 9 nitrogen and oxygen atoms in total. The van der Waals surface area contributed by atoms with Crippen molar-refractivity contribution in [1.29, 1.82) is 0 Å². The number of primary amides is 1. The molecule has 0 atom stereocenters. The molecule has 0 aliphatic carbocycles. The summed E-state index contributed by atoms with van der Waals surface area (Å²) in [6, 6.07) is 7.19. The van der Waals surface area contributed by atoms with Gasteiger partial charge in [-0.15, -0.1) is 0 Å². The van der Waals surface area contributed by atoms with Crippen LogP contribution in [0.15, 0.2) is 41.3 Å². The molecule has 2 aromatic carbocycles. The predicted octanol–water partition coefficient (Wildman–Crippen LogP) is 1.78. The monoisotopic (exact) mass is 366 g/mol. The van der Waals surface area contributed by atoms with Crippen LogP contribution in [0.5, 0.6) is 11.5 Å². The van der Waals surface area contributed by atoms with Crippen LogP contribution in [-0.2, 0) is 10.1 Å². The summed E-state index contributed by atoms with van der Waals surface area (Å²) in [6.45, 7) is 1.47. The summed E-state index contributed by atoms with van der Waals surface area (Å²) in [7, 11) is -3.09. The SMILES string of the molecule is COc1ccc(C(N)=O)c(OS(=O)(=O)c2ccc(C)c([N+](=O)[O-])c2)c1. The van der Waals surface area contributed by atoms with Gasteiger partial charge in [-0.2, -0.15) is 8.42 Å². The van der Waals surface area contributed by atoms with Crippen molar-refractivity contribution in [2.45, 2.75) is 11.8 Å². The van der Waals surface area contributed by atoms with Gasteiger partial charge in [-0.3, -0.25) is 14.9 Å². The lowest BCUT2D eigenvalue weighted by atomic mass is 10.2. The van der Waals surface area contributed by atoms with E-state index in [0.29, 0.717) is 5.56 Å². The van der Waals surface area contributed by atoms with Crippen LogP contribution in [0.4, 0.5) is 5.69 Å². The number of nitrogens with zero attached hydrogens (tertiary/aromatic N) is 1. The molecule has 0 fully saturated rings. The minimum absolute atomic E-state index is 0.175. The van der Waals surface area contributed by atoms with E-state index in [0.717, 1.165) is 6.07 Å². The minimum atomic E-state index is -4.43. The Kier molecular flexibility index (Phi) is 4.93. The summed E-state index contributed by atoms with van der Waals surface area (Å²) in [6.07, 6.45) is 0. The van der Waals surface area contributed by atoms with Gasteiger partial charge in [0.1, 0.15) is 10.6 Å². The summed E-state index contributed by atoms with van der Waals surface area (Å²) in [4.78, 5) is 21.3. The number of nitro benzene ring substituents is 1. The molecule has 0 aliphatic heterocycles. The van der Waals surface area contributed by atoms with Crippen LogP contribution in [-0.4, -0.2) is 26.4 Å². The normalized spacial score (nSPS) is 11.0. The molecule has 0 heterocycles. The fraction of sp³-hybridized carbons (Fsp3) is 0.133. The van der Waals surface area contributed by atoms with Crippen LogP contribution in [0.25, 0.3) is 0 Å². The van der Waals surface area contributed by atoms with Crippen LogP contribution in [0.1, 0.15) is 15.9 Å². The van der Waals surface area contributed by atoms with Crippen molar-refractivity contribution in [2.24, 2.45) is 5.73 Å². The zero-order valence-corrected chi connectivity index (χ0v) is 14.1. The first-order valence-electron chi connectivity index (χ1n) is 6.83. The summed E-state index contributed by atoms with van der Waals surface area (Å²) in [5.41, 5.74) is 4.95. The first-order valence-corrected chi connectivity index (χ1v) is 8.24. The average Bonchev–Trinajstić information content (AvgIpc) is 2.53. The van der Waals surface area contributed by atoms with Gasteiger partial charge in [-0.25, -0.2) is 0 Å². The number of methoxy groups -OCH3 is 1. The van der Waals surface area contributed by atoms with Gasteiger partial charge < -0.3 is 14.7 Å². The Bertz CT molecular complexity index is 954. The first kappa shape index (κ1) is 18.2. The van der Waals surface area contributed by atoms with Crippen molar-refractivity contribution in [2.75, 3.05) is 7.11 Å². The molecule has 0 saturated heterocycles. The highest BCUT2D eigenvalue weighted by Gasteiger charge is 2.24. The number of ether oxygens (including phenoxy) is 1. The molecule has 2 N–H and O–H groups in total. The quantitative estimate of drug-likeness (QED) is 0.467. The fourth-order valence-electron chi connectivity index (χ4n) is 2.01. The third-order valence-electron chi connectivity index (χ3n) is 3.32. The highest BCUT2D eigenvalue weighted by atomic mass is 32.2. The number of hydrogen-bond acceptors (Lipinski definition) is 7. The Morgan fingerprint density at radius 3 is 2.44 bits per heavy atom. The lowest BCUT2D eigenvalue weighted by Crippen LogP contribution is -2.16. The second-order valence-corrected chi connectivity index (χ2v) is 6.52. The summed E-state index contributed by atoms with van der Waals surface area (Å²) >= 11 is 0. The molecule has 10 heteroatoms. The van der Waals surface area contributed by atoms with Crippen molar-refractivity contribution in [3.05, 3.63) is 57.6 Å². The number of rotatable bonds is 6. The van der Waals surface area contributed by atoms with Crippen LogP contribution < -0.4 is 14.7 Å². The third kappa shape index (κ3) is 3.86. The maximum absolute atomic E-state index is 12.4. The fourth-order valence-corrected chi connectivity index (χ4v) is 2.97. The van der Waals surface area contributed by atoms with E-state index >= 15 is 0 Å². The zero-order chi connectivity index (χ0) is 18.8. The van der Waals surface area contributed by atoms with Crippen LogP contribution >= 0.6 is 0 Å². The maximum atomic E-state index is 12.4. The summed E-state index contributed by atoms with van der Waals surface area (Å²) < 4.78 is 34.8. The minimum Gasteiger partial charge on any atom is -0.497 e. The highest BCUT2D eigenvalue weighted by molar-refractivity contribution is 7.87. The van der Waals surface area contributed by atoms with E-state index in [-0.39, 0.29) is 22.7 Å². The first-order chi connectivity index (χ1) is 11.7. The molecule has 2 rings (SSSR count). The predicted molar refractivity (Wildman–Crippen MR) is 87.2 cm³/mol. The van der Waals surface area contributed by atoms with Crippen molar-refractivity contribution in [3.63, 3.8) is 0 Å². The molecule has 0 aromatic heterocycles. The Morgan fingerprint density at radius 2 is 1.88 bits per heavy atom. The number of amides is 1. The lowest BCUT2D eigenvalue weighted by Gasteiger charge is -2.11. The van der Waals surface area contributed by atoms with Gasteiger partial charge in [-0.05, 0) is 25.1 Å². The second kappa shape index (κ2) is 6.77. The van der Waals surface area contributed by atoms with Gasteiger partial charge in [0.2, 0.25) is 0 Å². The van der Waals surface area contributed by atoms with Crippen molar-refractivity contribution in [1.82, 2.24) is 0 Å². The Hall–Kier alpha value is -3.14. The molecule has 0 aliphatic rings. The molecule has 1 amide bonds. The molecule has 0 spiro atoms. The maximum Gasteiger partial charge on any atom is 0.339 e. The number of nitro groups is 1. The van der Waals surface area contributed by atoms with Crippen LogP contribution in [0.3, 0.4) is 0 Å². The van der Waals surface area contributed by atoms with Gasteiger partial charge in [0.15, 0.2) is 5.75 Å². The number of hydrogen-bond donors (Lipinski definition) is 1. The van der Waals surface area contributed by atoms with E-state index in [1.54, 1.807) is 0 Å². The number of aryl methyl sites for hydroxylation is 1. The second-order valence-electron chi connectivity index (χ2n) is 4.97. The summed E-state index contributed by atoms with van der Waals surface area (Å²) in [5, 5.41) is 11.0. The largest absolute Gasteiger partial charge is 0.497 e. The van der Waals surface area contributed by atoms with Crippen molar-refractivity contribution >= 4 is 21.7 Å². The van der Waals surface area contributed by atoms with E-state index in [1.165, 1.54) is 44.4 Å². The van der Waals surface area contributed by atoms with E-state index in [1.807, 2.05) is 0 Å². The molecular weight excluding hydrogens is 352 g/mol. The standard InChI is InChI=1S/C15H14N2O7S/c1-9-3-5-11(8-13(9)17(19)20)25(21,22)24-14-7-10(23-2)4-6-12(14)15(16)18/h3-8H,1-2H3,(H2,16,18). The van der Waals surface area contributed by atoms with E-state index in [2.05, 4.69) is 0 Å². The Morgan fingerprint density at radius 1 is 1.20 bits per heavy atom. The highest BCUT2D eigenvalue weighted by Crippen LogP contribution is 2.29. The Labute approximate surface area is 143 Å². The Balaban J connectivity index is 2.51. The number of benzene rings is 2. The molecule has 0 unspecified atom stereocenters. The smallest absolute Gasteiger partial charge is 0.339 e. The average molecular weight is 366 g/mol. The lowest BCUT2D eigenvalue weighted by molar-refractivity contribution is -0.385. The number of nitrogens with two attached hydrogens (primary N) is 1. The molecule has 132 valence electrons. The number of carbonyl (C=O) groups excluding carboxylic acids is 1. The zero-order valence-electron chi connectivity index (χ0n) is 13.3. The van der Waals surface area contributed by atoms with Crippen LogP contribution in [0, 0.1) is 17.0 Å². The van der Waals surface area contributed by atoms with E-state index in [9.17, 15) is 23.3 Å². The van der Waals surface area contributed by atoms with Gasteiger partial charge >= 0.3 is 10.1 Å². The van der Waals surface area contributed by atoms with Gasteiger partial charge in [0, 0.05) is 17.7 Å².